The van der Waals surface area contributed by atoms with Crippen LogP contribution in [0, 0.1) is 6.92 Å². The first-order valence-electron chi connectivity index (χ1n) is 11.2. The van der Waals surface area contributed by atoms with Crippen molar-refractivity contribution >= 4 is 29.3 Å². The summed E-state index contributed by atoms with van der Waals surface area (Å²) in [6, 6.07) is 3.54. The molecule has 1 atom stereocenters. The van der Waals surface area contributed by atoms with Gasteiger partial charge in [-0.2, -0.15) is 13.2 Å². The number of aryl methyl sites for hydroxylation is 1. The number of thioether (sulfide) groups is 1. The van der Waals surface area contributed by atoms with Crippen molar-refractivity contribution in [1.29, 1.82) is 0 Å². The molecule has 0 spiro atoms. The summed E-state index contributed by atoms with van der Waals surface area (Å²) in [5.74, 6) is 0.166. The molecule has 2 aliphatic heterocycles. The first-order chi connectivity index (χ1) is 16.1. The van der Waals surface area contributed by atoms with E-state index in [1.54, 1.807) is 6.92 Å². The summed E-state index contributed by atoms with van der Waals surface area (Å²) in [5, 5.41) is 0.162. The van der Waals surface area contributed by atoms with Gasteiger partial charge in [0.25, 0.3) is 5.56 Å². The number of rotatable bonds is 4. The largest absolute Gasteiger partial charge is 0.416 e. The van der Waals surface area contributed by atoms with Crippen molar-refractivity contribution in [3.8, 4) is 0 Å². The van der Waals surface area contributed by atoms with E-state index in [0.717, 1.165) is 12.1 Å². The van der Waals surface area contributed by atoms with Crippen LogP contribution in [0.1, 0.15) is 36.6 Å². The average molecular weight is 497 g/mol. The van der Waals surface area contributed by atoms with Gasteiger partial charge in [0.15, 0.2) is 0 Å². The van der Waals surface area contributed by atoms with Crippen molar-refractivity contribution in [2.24, 2.45) is 0 Å². The van der Waals surface area contributed by atoms with Crippen LogP contribution in [-0.2, 0) is 22.1 Å². The highest BCUT2D eigenvalue weighted by atomic mass is 32.2. The molecule has 1 N–H and O–H groups in total. The third kappa shape index (κ3) is 5.41. The fraction of sp³-hybridized carbons (Fsp3) is 0.522. The zero-order valence-electron chi connectivity index (χ0n) is 19.1. The van der Waals surface area contributed by atoms with Crippen molar-refractivity contribution in [1.82, 2.24) is 9.97 Å². The number of carbonyl (C=O) groups excluding carboxylic acids is 1. The number of halogens is 3. The number of aromatic amines is 1. The smallest absolute Gasteiger partial charge is 0.378 e. The normalized spacial score (nSPS) is 19.0. The lowest BCUT2D eigenvalue weighted by molar-refractivity contribution is -0.137. The van der Waals surface area contributed by atoms with Gasteiger partial charge in [-0.15, -0.1) is 11.8 Å². The minimum atomic E-state index is -4.50. The standard InChI is InChI=1S/C23H27F3N4O3S/c1-14-7-8-30(18-13-16(23(24,25)26)3-5-19(18)34-14)20(31)6-4-17-15(2)27-22(28-21(17)32)29-9-11-33-12-10-29/h3,5,13-14H,4,6-12H2,1-2H3,(H,27,28,32). The summed E-state index contributed by atoms with van der Waals surface area (Å²) in [4.78, 5) is 37.2. The van der Waals surface area contributed by atoms with E-state index >= 15 is 0 Å². The zero-order chi connectivity index (χ0) is 24.5. The number of alkyl halides is 3. The van der Waals surface area contributed by atoms with Crippen molar-refractivity contribution in [3.63, 3.8) is 0 Å². The highest BCUT2D eigenvalue weighted by molar-refractivity contribution is 8.00. The molecule has 4 rings (SSSR count). The minimum absolute atomic E-state index is 0.00274. The number of morpholine rings is 1. The lowest BCUT2D eigenvalue weighted by Crippen LogP contribution is -2.39. The van der Waals surface area contributed by atoms with E-state index in [0.29, 0.717) is 61.4 Å². The molecule has 11 heteroatoms. The highest BCUT2D eigenvalue weighted by Gasteiger charge is 2.33. The first kappa shape index (κ1) is 24.6. The molecular weight excluding hydrogens is 469 g/mol. The number of fused-ring (bicyclic) bond motifs is 1. The molecule has 1 unspecified atom stereocenters. The number of hydrogen-bond acceptors (Lipinski definition) is 6. The van der Waals surface area contributed by atoms with Gasteiger partial charge in [0.1, 0.15) is 0 Å². The van der Waals surface area contributed by atoms with Gasteiger partial charge in [0.05, 0.1) is 24.5 Å². The van der Waals surface area contributed by atoms with Crippen LogP contribution < -0.4 is 15.4 Å². The number of nitrogens with one attached hydrogen (secondary N) is 1. The van der Waals surface area contributed by atoms with E-state index in [2.05, 4.69) is 9.97 Å². The first-order valence-corrected chi connectivity index (χ1v) is 12.1. The van der Waals surface area contributed by atoms with Gasteiger partial charge in [-0.3, -0.25) is 14.6 Å². The van der Waals surface area contributed by atoms with Gasteiger partial charge in [-0.05, 0) is 38.0 Å². The number of hydrogen-bond donors (Lipinski definition) is 1. The molecule has 0 radical (unpaired) electrons. The van der Waals surface area contributed by atoms with Gasteiger partial charge in [-0.25, -0.2) is 4.98 Å². The van der Waals surface area contributed by atoms with Crippen LogP contribution in [0.15, 0.2) is 27.9 Å². The van der Waals surface area contributed by atoms with Crippen LogP contribution in [0.4, 0.5) is 24.8 Å². The van der Waals surface area contributed by atoms with E-state index in [4.69, 9.17) is 4.74 Å². The number of amides is 1. The van der Waals surface area contributed by atoms with E-state index in [1.165, 1.54) is 22.7 Å². The zero-order valence-corrected chi connectivity index (χ0v) is 19.9. The second-order valence-electron chi connectivity index (χ2n) is 8.50. The van der Waals surface area contributed by atoms with Gasteiger partial charge in [-0.1, -0.05) is 6.92 Å². The summed E-state index contributed by atoms with van der Waals surface area (Å²) in [5.41, 5.74) is 0.140. The summed E-state index contributed by atoms with van der Waals surface area (Å²) in [6.07, 6.45) is -3.69. The minimum Gasteiger partial charge on any atom is -0.378 e. The fourth-order valence-electron chi connectivity index (χ4n) is 4.15. The molecule has 2 aliphatic rings. The average Bonchev–Trinajstić information content (AvgIpc) is 2.96. The summed E-state index contributed by atoms with van der Waals surface area (Å²) in [7, 11) is 0. The van der Waals surface area contributed by atoms with Gasteiger partial charge < -0.3 is 14.5 Å². The van der Waals surface area contributed by atoms with Crippen LogP contribution >= 0.6 is 11.8 Å². The van der Waals surface area contributed by atoms with E-state index in [1.807, 2.05) is 11.8 Å². The summed E-state index contributed by atoms with van der Waals surface area (Å²) in [6.45, 7) is 6.42. The number of benzene rings is 1. The third-order valence-corrected chi connectivity index (χ3v) is 7.31. The van der Waals surface area contributed by atoms with Crippen molar-refractivity contribution < 1.29 is 22.7 Å². The van der Waals surface area contributed by atoms with Gasteiger partial charge in [0, 0.05) is 47.5 Å². The number of anilines is 2. The molecular formula is C23H27F3N4O3S. The molecule has 7 nitrogen and oxygen atoms in total. The molecule has 1 amide bonds. The Balaban J connectivity index is 1.54. The molecule has 2 aromatic rings. The molecule has 1 aromatic heterocycles. The molecule has 1 saturated heterocycles. The lowest BCUT2D eigenvalue weighted by atomic mass is 10.1. The van der Waals surface area contributed by atoms with E-state index in [9.17, 15) is 22.8 Å². The van der Waals surface area contributed by atoms with Crippen LogP contribution in [0.3, 0.4) is 0 Å². The maximum Gasteiger partial charge on any atom is 0.416 e. The van der Waals surface area contributed by atoms with Gasteiger partial charge >= 0.3 is 6.18 Å². The van der Waals surface area contributed by atoms with Crippen molar-refractivity contribution in [3.05, 3.63) is 45.4 Å². The predicted octanol–water partition coefficient (Wildman–Crippen LogP) is 3.78. The number of carbonyl (C=O) groups is 1. The number of H-pyrrole nitrogens is 1. The summed E-state index contributed by atoms with van der Waals surface area (Å²) < 4.78 is 45.3. The Labute approximate surface area is 199 Å². The number of ether oxygens (including phenoxy) is 1. The van der Waals surface area contributed by atoms with Crippen LogP contribution in [-0.4, -0.2) is 54.0 Å². The Morgan fingerprint density at radius 2 is 2.00 bits per heavy atom. The van der Waals surface area contributed by atoms with Crippen LogP contribution in [0.25, 0.3) is 0 Å². The predicted molar refractivity (Wildman–Crippen MR) is 125 cm³/mol. The Morgan fingerprint density at radius 1 is 1.26 bits per heavy atom. The topological polar surface area (TPSA) is 78.5 Å². The number of aromatic nitrogens is 2. The van der Waals surface area contributed by atoms with Crippen molar-refractivity contribution in [2.45, 2.75) is 49.4 Å². The lowest BCUT2D eigenvalue weighted by Gasteiger charge is -2.27. The molecule has 0 saturated carbocycles. The molecule has 1 fully saturated rings. The summed E-state index contributed by atoms with van der Waals surface area (Å²) >= 11 is 1.47. The van der Waals surface area contributed by atoms with Gasteiger partial charge in [0.2, 0.25) is 11.9 Å². The fourth-order valence-corrected chi connectivity index (χ4v) is 5.25. The molecule has 3 heterocycles. The Kier molecular flexibility index (Phi) is 7.22. The Morgan fingerprint density at radius 3 is 2.68 bits per heavy atom. The SMILES string of the molecule is Cc1nc(N2CCOCC2)[nH]c(=O)c1CCC(=O)N1CCC(C)Sc2ccc(C(F)(F)F)cc21. The monoisotopic (exact) mass is 496 g/mol. The molecule has 34 heavy (non-hydrogen) atoms. The number of nitrogens with zero attached hydrogens (tertiary/aromatic N) is 3. The Bertz CT molecular complexity index is 1120. The maximum absolute atomic E-state index is 13.3. The van der Waals surface area contributed by atoms with Crippen LogP contribution in [0.5, 0.6) is 0 Å². The highest BCUT2D eigenvalue weighted by Crippen LogP contribution is 2.41. The van der Waals surface area contributed by atoms with E-state index in [-0.39, 0.29) is 35.2 Å². The van der Waals surface area contributed by atoms with Crippen molar-refractivity contribution in [2.75, 3.05) is 42.6 Å². The molecule has 0 aliphatic carbocycles. The molecule has 1 aromatic carbocycles. The Hall–Kier alpha value is -2.53. The van der Waals surface area contributed by atoms with Crippen LogP contribution in [0.2, 0.25) is 0 Å². The third-order valence-electron chi connectivity index (χ3n) is 6.07. The van der Waals surface area contributed by atoms with E-state index < -0.39 is 11.7 Å². The second-order valence-corrected chi connectivity index (χ2v) is 9.98. The quantitative estimate of drug-likeness (QED) is 0.694. The second kappa shape index (κ2) is 9.99. The molecule has 0 bridgehead atoms. The molecule has 184 valence electrons. The maximum atomic E-state index is 13.3.